The van der Waals surface area contributed by atoms with Gasteiger partial charge in [0.2, 0.25) is 0 Å². The van der Waals surface area contributed by atoms with Gasteiger partial charge in [0.1, 0.15) is 5.75 Å². The molecule has 1 aromatic rings. The Kier molecular flexibility index (Phi) is 2.87. The van der Waals surface area contributed by atoms with E-state index in [0.29, 0.717) is 5.56 Å². The maximum atomic E-state index is 10.7. The third-order valence-corrected chi connectivity index (χ3v) is 1.62. The zero-order chi connectivity index (χ0) is 9.84. The summed E-state index contributed by atoms with van der Waals surface area (Å²) in [5.41, 5.74) is 0.620. The van der Waals surface area contributed by atoms with E-state index < -0.39 is 5.97 Å². The van der Waals surface area contributed by atoms with Gasteiger partial charge < -0.3 is 14.9 Å². The highest BCUT2D eigenvalue weighted by molar-refractivity contribution is 5.89. The SMILES string of the molecule is COCc1ccc(O)cc1C(=O)O. The van der Waals surface area contributed by atoms with Crippen molar-refractivity contribution >= 4 is 5.97 Å². The van der Waals surface area contributed by atoms with Crippen molar-refractivity contribution in [2.45, 2.75) is 6.61 Å². The molecule has 0 aliphatic carbocycles. The van der Waals surface area contributed by atoms with Crippen molar-refractivity contribution in [3.05, 3.63) is 29.3 Å². The first-order chi connectivity index (χ1) is 6.15. The van der Waals surface area contributed by atoms with Crippen molar-refractivity contribution in [2.24, 2.45) is 0 Å². The lowest BCUT2D eigenvalue weighted by Crippen LogP contribution is -2.02. The standard InChI is InChI=1S/C9H10O4/c1-13-5-6-2-3-7(10)4-8(6)9(11)12/h2-4,10H,5H2,1H3,(H,11,12). The third kappa shape index (κ3) is 2.19. The van der Waals surface area contributed by atoms with Gasteiger partial charge in [0.15, 0.2) is 0 Å². The molecule has 0 radical (unpaired) electrons. The van der Waals surface area contributed by atoms with Crippen molar-refractivity contribution in [1.29, 1.82) is 0 Å². The highest BCUT2D eigenvalue weighted by Crippen LogP contribution is 2.17. The Morgan fingerprint density at radius 3 is 2.77 bits per heavy atom. The molecule has 0 heterocycles. The van der Waals surface area contributed by atoms with Gasteiger partial charge in [-0.25, -0.2) is 4.79 Å². The van der Waals surface area contributed by atoms with Crippen molar-refractivity contribution in [1.82, 2.24) is 0 Å². The number of phenols is 1. The van der Waals surface area contributed by atoms with Gasteiger partial charge in [-0.15, -0.1) is 0 Å². The van der Waals surface area contributed by atoms with Gasteiger partial charge in [-0.3, -0.25) is 0 Å². The number of hydrogen-bond donors (Lipinski definition) is 2. The fourth-order valence-corrected chi connectivity index (χ4v) is 1.04. The van der Waals surface area contributed by atoms with Crippen LogP contribution in [0.3, 0.4) is 0 Å². The molecule has 4 heteroatoms. The number of ether oxygens (including phenoxy) is 1. The van der Waals surface area contributed by atoms with E-state index in [0.717, 1.165) is 0 Å². The van der Waals surface area contributed by atoms with E-state index in [1.165, 1.54) is 25.3 Å². The topological polar surface area (TPSA) is 66.8 Å². The van der Waals surface area contributed by atoms with Crippen LogP contribution in [-0.4, -0.2) is 23.3 Å². The van der Waals surface area contributed by atoms with Gasteiger partial charge in [0, 0.05) is 7.11 Å². The van der Waals surface area contributed by atoms with Crippen LogP contribution >= 0.6 is 0 Å². The summed E-state index contributed by atoms with van der Waals surface area (Å²) in [7, 11) is 1.48. The molecule has 0 aliphatic heterocycles. The van der Waals surface area contributed by atoms with E-state index in [1.54, 1.807) is 0 Å². The fraction of sp³-hybridized carbons (Fsp3) is 0.222. The van der Waals surface area contributed by atoms with Crippen molar-refractivity contribution in [2.75, 3.05) is 7.11 Å². The second-order valence-electron chi connectivity index (χ2n) is 2.58. The summed E-state index contributed by atoms with van der Waals surface area (Å²) in [6.07, 6.45) is 0. The maximum absolute atomic E-state index is 10.7. The number of carbonyl (C=O) groups is 1. The predicted molar refractivity (Wildman–Crippen MR) is 45.8 cm³/mol. The molecular formula is C9H10O4. The number of aromatic carboxylic acids is 1. The number of phenolic OH excluding ortho intramolecular Hbond substituents is 1. The zero-order valence-corrected chi connectivity index (χ0v) is 7.15. The van der Waals surface area contributed by atoms with Gasteiger partial charge in [-0.1, -0.05) is 6.07 Å². The second-order valence-corrected chi connectivity index (χ2v) is 2.58. The normalized spacial score (nSPS) is 9.92. The third-order valence-electron chi connectivity index (χ3n) is 1.62. The van der Waals surface area contributed by atoms with E-state index in [9.17, 15) is 4.79 Å². The second kappa shape index (κ2) is 3.91. The minimum atomic E-state index is -1.07. The summed E-state index contributed by atoms with van der Waals surface area (Å²) < 4.78 is 4.81. The van der Waals surface area contributed by atoms with Crippen LogP contribution in [0.1, 0.15) is 15.9 Å². The lowest BCUT2D eigenvalue weighted by molar-refractivity contribution is 0.0691. The van der Waals surface area contributed by atoms with E-state index in [1.807, 2.05) is 0 Å². The summed E-state index contributed by atoms with van der Waals surface area (Å²) in [6, 6.07) is 4.17. The van der Waals surface area contributed by atoms with E-state index >= 15 is 0 Å². The summed E-state index contributed by atoms with van der Waals surface area (Å²) in [5, 5.41) is 17.8. The van der Waals surface area contributed by atoms with Crippen molar-refractivity contribution in [3.63, 3.8) is 0 Å². The lowest BCUT2D eigenvalue weighted by atomic mass is 10.1. The van der Waals surface area contributed by atoms with Crippen LogP contribution in [0, 0.1) is 0 Å². The molecule has 0 atom stereocenters. The molecule has 0 saturated carbocycles. The quantitative estimate of drug-likeness (QED) is 0.737. The smallest absolute Gasteiger partial charge is 0.336 e. The van der Waals surface area contributed by atoms with Crippen LogP contribution in [0.25, 0.3) is 0 Å². The molecule has 0 spiro atoms. The Morgan fingerprint density at radius 2 is 2.23 bits per heavy atom. The summed E-state index contributed by atoms with van der Waals surface area (Å²) in [5.74, 6) is -1.12. The van der Waals surface area contributed by atoms with Crippen LogP contribution < -0.4 is 0 Å². The Hall–Kier alpha value is -1.55. The van der Waals surface area contributed by atoms with E-state index in [-0.39, 0.29) is 17.9 Å². The molecule has 0 saturated heterocycles. The Labute approximate surface area is 75.4 Å². The Bertz CT molecular complexity index is 319. The molecule has 0 amide bonds. The van der Waals surface area contributed by atoms with Gasteiger partial charge in [-0.2, -0.15) is 0 Å². The number of carboxylic acid groups (broad SMARTS) is 1. The predicted octanol–water partition coefficient (Wildman–Crippen LogP) is 1.24. The molecule has 0 bridgehead atoms. The van der Waals surface area contributed by atoms with Crippen LogP contribution in [0.5, 0.6) is 5.75 Å². The molecule has 0 unspecified atom stereocenters. The summed E-state index contributed by atoms with van der Waals surface area (Å²) in [4.78, 5) is 10.7. The van der Waals surface area contributed by atoms with Gasteiger partial charge in [0.05, 0.1) is 12.2 Å². The fourth-order valence-electron chi connectivity index (χ4n) is 1.04. The minimum Gasteiger partial charge on any atom is -0.508 e. The van der Waals surface area contributed by atoms with Gasteiger partial charge in [-0.05, 0) is 17.7 Å². The number of carboxylic acids is 1. The zero-order valence-electron chi connectivity index (χ0n) is 7.15. The molecule has 2 N–H and O–H groups in total. The molecule has 13 heavy (non-hydrogen) atoms. The van der Waals surface area contributed by atoms with Crippen LogP contribution in [0.4, 0.5) is 0 Å². The van der Waals surface area contributed by atoms with Crippen molar-refractivity contribution in [3.8, 4) is 5.75 Å². The molecule has 1 rings (SSSR count). The average molecular weight is 182 g/mol. The van der Waals surface area contributed by atoms with Crippen LogP contribution in [0.2, 0.25) is 0 Å². The molecule has 1 aromatic carbocycles. The number of rotatable bonds is 3. The molecular weight excluding hydrogens is 172 g/mol. The summed E-state index contributed by atoms with van der Waals surface area (Å²) in [6.45, 7) is 0.224. The Balaban J connectivity index is 3.10. The average Bonchev–Trinajstić information content (AvgIpc) is 2.08. The number of hydrogen-bond acceptors (Lipinski definition) is 3. The first-order valence-electron chi connectivity index (χ1n) is 3.69. The minimum absolute atomic E-state index is 0.0581. The van der Waals surface area contributed by atoms with Crippen LogP contribution in [-0.2, 0) is 11.3 Å². The molecule has 0 aromatic heterocycles. The van der Waals surface area contributed by atoms with Crippen LogP contribution in [0.15, 0.2) is 18.2 Å². The largest absolute Gasteiger partial charge is 0.508 e. The first-order valence-corrected chi connectivity index (χ1v) is 3.69. The molecule has 0 aliphatic rings. The number of benzene rings is 1. The van der Waals surface area contributed by atoms with Crippen molar-refractivity contribution < 1.29 is 19.7 Å². The molecule has 70 valence electrons. The van der Waals surface area contributed by atoms with Gasteiger partial charge >= 0.3 is 5.97 Å². The van der Waals surface area contributed by atoms with Gasteiger partial charge in [0.25, 0.3) is 0 Å². The Morgan fingerprint density at radius 1 is 1.54 bits per heavy atom. The lowest BCUT2D eigenvalue weighted by Gasteiger charge is -2.04. The monoisotopic (exact) mass is 182 g/mol. The van der Waals surface area contributed by atoms with E-state index in [2.05, 4.69) is 0 Å². The number of aromatic hydroxyl groups is 1. The highest BCUT2D eigenvalue weighted by atomic mass is 16.5. The molecule has 4 nitrogen and oxygen atoms in total. The number of methoxy groups -OCH3 is 1. The first kappa shape index (κ1) is 9.54. The summed E-state index contributed by atoms with van der Waals surface area (Å²) >= 11 is 0. The van der Waals surface area contributed by atoms with E-state index in [4.69, 9.17) is 14.9 Å². The maximum Gasteiger partial charge on any atom is 0.336 e. The highest BCUT2D eigenvalue weighted by Gasteiger charge is 2.10. The molecule has 0 fully saturated rings.